The van der Waals surface area contributed by atoms with Crippen molar-refractivity contribution in [2.24, 2.45) is 11.7 Å². The number of carbonyl (C=O) groups excluding carboxylic acids is 1. The first-order valence-corrected chi connectivity index (χ1v) is 6.86. The van der Waals surface area contributed by atoms with Crippen LogP contribution in [0.4, 0.5) is 0 Å². The minimum Gasteiger partial charge on any atom is -0.496 e. The van der Waals surface area contributed by atoms with E-state index in [0.717, 1.165) is 30.6 Å². The van der Waals surface area contributed by atoms with Gasteiger partial charge in [0.05, 0.1) is 13.5 Å². The van der Waals surface area contributed by atoms with Crippen molar-refractivity contribution in [3.05, 3.63) is 29.8 Å². The van der Waals surface area contributed by atoms with Gasteiger partial charge in [-0.15, -0.1) is 0 Å². The van der Waals surface area contributed by atoms with Crippen molar-refractivity contribution in [3.8, 4) is 5.75 Å². The Morgan fingerprint density at radius 3 is 2.95 bits per heavy atom. The van der Waals surface area contributed by atoms with Crippen molar-refractivity contribution in [2.75, 3.05) is 13.7 Å². The van der Waals surface area contributed by atoms with Gasteiger partial charge in [-0.1, -0.05) is 24.6 Å². The Morgan fingerprint density at radius 2 is 2.21 bits per heavy atom. The zero-order valence-electron chi connectivity index (χ0n) is 11.4. The van der Waals surface area contributed by atoms with Crippen LogP contribution in [0.2, 0.25) is 0 Å². The molecule has 1 amide bonds. The number of ether oxygens (including phenoxy) is 1. The van der Waals surface area contributed by atoms with E-state index in [1.165, 1.54) is 0 Å². The number of nitrogens with one attached hydrogen (secondary N) is 1. The van der Waals surface area contributed by atoms with Crippen LogP contribution in [0.3, 0.4) is 0 Å². The predicted molar refractivity (Wildman–Crippen MR) is 75.0 cm³/mol. The zero-order chi connectivity index (χ0) is 13.7. The second-order valence-electron chi connectivity index (χ2n) is 5.09. The second kappa shape index (κ2) is 6.57. The highest BCUT2D eigenvalue weighted by molar-refractivity contribution is 5.79. The quantitative estimate of drug-likeness (QED) is 0.845. The van der Waals surface area contributed by atoms with Gasteiger partial charge in [0, 0.05) is 11.6 Å². The first-order valence-electron chi connectivity index (χ1n) is 6.86. The molecule has 2 rings (SSSR count). The van der Waals surface area contributed by atoms with Gasteiger partial charge in [-0.25, -0.2) is 0 Å². The number of hydrogen-bond donors (Lipinski definition) is 2. The predicted octanol–water partition coefficient (Wildman–Crippen LogP) is 1.48. The van der Waals surface area contributed by atoms with Crippen molar-refractivity contribution >= 4 is 5.91 Å². The molecule has 1 fully saturated rings. The molecule has 0 heterocycles. The average Bonchev–Trinajstić information content (AvgIpc) is 2.86. The summed E-state index contributed by atoms with van der Waals surface area (Å²) in [5, 5.41) is 3.11. The van der Waals surface area contributed by atoms with Gasteiger partial charge in [-0.3, -0.25) is 4.79 Å². The van der Waals surface area contributed by atoms with E-state index in [9.17, 15) is 4.79 Å². The van der Waals surface area contributed by atoms with Crippen LogP contribution in [0.25, 0.3) is 0 Å². The van der Waals surface area contributed by atoms with Crippen LogP contribution in [0.15, 0.2) is 24.3 Å². The Morgan fingerprint density at radius 1 is 1.42 bits per heavy atom. The lowest BCUT2D eigenvalue weighted by molar-refractivity contribution is -0.121. The maximum atomic E-state index is 12.1. The van der Waals surface area contributed by atoms with E-state index in [-0.39, 0.29) is 11.9 Å². The Labute approximate surface area is 114 Å². The summed E-state index contributed by atoms with van der Waals surface area (Å²) >= 11 is 0. The molecule has 4 nitrogen and oxygen atoms in total. The molecule has 3 N–H and O–H groups in total. The van der Waals surface area contributed by atoms with Crippen LogP contribution in [0.1, 0.15) is 24.8 Å². The highest BCUT2D eigenvalue weighted by Crippen LogP contribution is 2.25. The minimum atomic E-state index is 0.0508. The van der Waals surface area contributed by atoms with E-state index in [1.54, 1.807) is 7.11 Å². The summed E-state index contributed by atoms with van der Waals surface area (Å²) in [6.45, 7) is 0.652. The van der Waals surface area contributed by atoms with Gasteiger partial charge < -0.3 is 15.8 Å². The van der Waals surface area contributed by atoms with Gasteiger partial charge in [0.2, 0.25) is 5.91 Å². The number of methoxy groups -OCH3 is 1. The van der Waals surface area contributed by atoms with E-state index in [2.05, 4.69) is 5.32 Å². The highest BCUT2D eigenvalue weighted by Gasteiger charge is 2.27. The zero-order valence-corrected chi connectivity index (χ0v) is 11.4. The third-order valence-corrected chi connectivity index (χ3v) is 3.85. The maximum absolute atomic E-state index is 12.1. The van der Waals surface area contributed by atoms with Gasteiger partial charge in [0.15, 0.2) is 0 Å². The molecular weight excluding hydrogens is 240 g/mol. The van der Waals surface area contributed by atoms with Gasteiger partial charge in [0.25, 0.3) is 0 Å². The number of para-hydroxylation sites is 1. The van der Waals surface area contributed by atoms with Crippen molar-refractivity contribution in [3.63, 3.8) is 0 Å². The van der Waals surface area contributed by atoms with Crippen LogP contribution >= 0.6 is 0 Å². The normalized spacial score (nSPS) is 22.2. The smallest absolute Gasteiger partial charge is 0.224 e. The summed E-state index contributed by atoms with van der Waals surface area (Å²) in [5.74, 6) is 1.25. The molecule has 1 aromatic carbocycles. The summed E-state index contributed by atoms with van der Waals surface area (Å²) < 4.78 is 5.26. The fourth-order valence-corrected chi connectivity index (χ4v) is 2.79. The Bertz CT molecular complexity index is 434. The molecule has 0 aromatic heterocycles. The Balaban J connectivity index is 1.94. The SMILES string of the molecule is COc1ccccc1CC(=O)NC1CCCC1CN. The fraction of sp³-hybridized carbons (Fsp3) is 0.533. The van der Waals surface area contributed by atoms with Crippen LogP contribution in [-0.4, -0.2) is 25.6 Å². The summed E-state index contributed by atoms with van der Waals surface area (Å²) in [5.41, 5.74) is 6.65. The lowest BCUT2D eigenvalue weighted by Gasteiger charge is -2.19. The Hall–Kier alpha value is -1.55. The van der Waals surface area contributed by atoms with Crippen LogP contribution in [0.5, 0.6) is 5.75 Å². The number of carbonyl (C=O) groups is 1. The van der Waals surface area contributed by atoms with Crippen LogP contribution < -0.4 is 15.8 Å². The molecule has 2 unspecified atom stereocenters. The largest absolute Gasteiger partial charge is 0.496 e. The summed E-state index contributed by atoms with van der Waals surface area (Å²) in [6.07, 6.45) is 3.68. The molecule has 1 aromatic rings. The first-order chi connectivity index (χ1) is 9.24. The molecule has 0 aliphatic heterocycles. The van der Waals surface area contributed by atoms with Crippen molar-refractivity contribution in [1.29, 1.82) is 0 Å². The first kappa shape index (κ1) is 13.9. The third-order valence-electron chi connectivity index (χ3n) is 3.85. The standard InChI is InChI=1S/C15H22N2O2/c1-19-14-8-3-2-5-11(14)9-15(18)17-13-7-4-6-12(13)10-16/h2-3,5,8,12-13H,4,6-7,9-10,16H2,1H3,(H,17,18). The lowest BCUT2D eigenvalue weighted by atomic mass is 10.0. The highest BCUT2D eigenvalue weighted by atomic mass is 16.5. The van der Waals surface area contributed by atoms with Crippen LogP contribution in [0, 0.1) is 5.92 Å². The molecule has 2 atom stereocenters. The lowest BCUT2D eigenvalue weighted by Crippen LogP contribution is -2.40. The topological polar surface area (TPSA) is 64.3 Å². The minimum absolute atomic E-state index is 0.0508. The fourth-order valence-electron chi connectivity index (χ4n) is 2.79. The number of hydrogen-bond acceptors (Lipinski definition) is 3. The van der Waals surface area contributed by atoms with Crippen molar-refractivity contribution in [2.45, 2.75) is 31.7 Å². The number of nitrogens with two attached hydrogens (primary N) is 1. The van der Waals surface area contributed by atoms with Crippen molar-refractivity contribution < 1.29 is 9.53 Å². The van der Waals surface area contributed by atoms with Gasteiger partial charge in [0.1, 0.15) is 5.75 Å². The molecule has 0 spiro atoms. The van der Waals surface area contributed by atoms with Gasteiger partial charge >= 0.3 is 0 Å². The van der Waals surface area contributed by atoms with Crippen molar-refractivity contribution in [1.82, 2.24) is 5.32 Å². The molecule has 1 aliphatic carbocycles. The molecule has 1 saturated carbocycles. The van der Waals surface area contributed by atoms with Gasteiger partial charge in [-0.05, 0) is 31.4 Å². The monoisotopic (exact) mass is 262 g/mol. The maximum Gasteiger partial charge on any atom is 0.224 e. The number of benzene rings is 1. The molecule has 104 valence electrons. The summed E-state index contributed by atoms with van der Waals surface area (Å²) in [6, 6.07) is 7.87. The molecule has 4 heteroatoms. The molecular formula is C15H22N2O2. The van der Waals surface area contributed by atoms with E-state index in [4.69, 9.17) is 10.5 Å². The van der Waals surface area contributed by atoms with Gasteiger partial charge in [-0.2, -0.15) is 0 Å². The number of rotatable bonds is 5. The Kier molecular flexibility index (Phi) is 4.80. The molecule has 0 saturated heterocycles. The molecule has 1 aliphatic rings. The third kappa shape index (κ3) is 3.47. The number of amides is 1. The molecule has 19 heavy (non-hydrogen) atoms. The van der Waals surface area contributed by atoms with Crippen LogP contribution in [-0.2, 0) is 11.2 Å². The van der Waals surface area contributed by atoms with E-state index in [0.29, 0.717) is 18.9 Å². The second-order valence-corrected chi connectivity index (χ2v) is 5.09. The molecule has 0 bridgehead atoms. The summed E-state index contributed by atoms with van der Waals surface area (Å²) in [4.78, 5) is 12.1. The van der Waals surface area contributed by atoms with E-state index >= 15 is 0 Å². The molecule has 0 radical (unpaired) electrons. The average molecular weight is 262 g/mol. The summed E-state index contributed by atoms with van der Waals surface area (Å²) in [7, 11) is 1.62. The van der Waals surface area contributed by atoms with E-state index in [1.807, 2.05) is 24.3 Å². The van der Waals surface area contributed by atoms with E-state index < -0.39 is 0 Å².